The SMILES string of the molecule is Cc1ccc(-c2nc3cc(F)ccc3n2C)cc1NC(=O)C1CC(O)CN1.Cl.Cl. The first-order valence-corrected chi connectivity index (χ1v) is 8.87. The fourth-order valence-electron chi connectivity index (χ4n) is 3.46. The zero-order valence-electron chi connectivity index (χ0n) is 16.0. The second kappa shape index (κ2) is 9.09. The fraction of sp³-hybridized carbons (Fsp3) is 0.300. The molecule has 9 heteroatoms. The standard InChI is InChI=1S/C20H21FN4O2.2ClH/c1-11-3-4-12(7-15(11)24-20(27)17-9-14(26)10-22-17)19-23-16-8-13(21)5-6-18(16)25(19)2;;/h3-8,14,17,22,26H,9-10H2,1-2H3,(H,24,27);2*1H. The van der Waals surface area contributed by atoms with E-state index in [2.05, 4.69) is 15.6 Å². The zero-order chi connectivity index (χ0) is 19.1. The van der Waals surface area contributed by atoms with Gasteiger partial charge in [-0.05, 0) is 37.1 Å². The molecule has 0 saturated carbocycles. The van der Waals surface area contributed by atoms with Gasteiger partial charge in [-0.2, -0.15) is 0 Å². The number of aromatic nitrogens is 2. The molecule has 3 N–H and O–H groups in total. The second-order valence-corrected chi connectivity index (χ2v) is 7.00. The molecule has 1 saturated heterocycles. The van der Waals surface area contributed by atoms with E-state index in [1.165, 1.54) is 12.1 Å². The predicted octanol–water partition coefficient (Wildman–Crippen LogP) is 3.19. The van der Waals surface area contributed by atoms with Gasteiger partial charge in [-0.3, -0.25) is 4.79 Å². The summed E-state index contributed by atoms with van der Waals surface area (Å²) in [6, 6.07) is 9.85. The van der Waals surface area contributed by atoms with Crippen molar-refractivity contribution >= 4 is 47.4 Å². The molecule has 0 aliphatic carbocycles. The van der Waals surface area contributed by atoms with Crippen molar-refractivity contribution in [3.63, 3.8) is 0 Å². The largest absolute Gasteiger partial charge is 0.392 e. The predicted molar refractivity (Wildman–Crippen MR) is 116 cm³/mol. The minimum Gasteiger partial charge on any atom is -0.392 e. The Morgan fingerprint density at radius 3 is 2.72 bits per heavy atom. The van der Waals surface area contributed by atoms with Crippen LogP contribution in [0.15, 0.2) is 36.4 Å². The number of aliphatic hydroxyl groups is 1. The molecule has 0 bridgehead atoms. The summed E-state index contributed by atoms with van der Waals surface area (Å²) in [6.07, 6.45) is -0.0884. The number of rotatable bonds is 3. The number of hydrogen-bond donors (Lipinski definition) is 3. The van der Waals surface area contributed by atoms with Crippen LogP contribution >= 0.6 is 24.8 Å². The maximum absolute atomic E-state index is 13.5. The average Bonchev–Trinajstić information content (AvgIpc) is 3.20. The first kappa shape index (κ1) is 23.1. The number of amides is 1. The van der Waals surface area contributed by atoms with Crippen molar-refractivity contribution in [3.8, 4) is 11.4 Å². The molecule has 1 fully saturated rings. The van der Waals surface area contributed by atoms with E-state index in [1.54, 1.807) is 6.07 Å². The number of hydrogen-bond acceptors (Lipinski definition) is 4. The number of carbonyl (C=O) groups excluding carboxylic acids is 1. The number of halogens is 3. The molecular formula is C20H23Cl2FN4O2. The quantitative estimate of drug-likeness (QED) is 0.584. The summed E-state index contributed by atoms with van der Waals surface area (Å²) in [7, 11) is 1.88. The highest BCUT2D eigenvalue weighted by Crippen LogP contribution is 2.28. The van der Waals surface area contributed by atoms with E-state index >= 15 is 0 Å². The van der Waals surface area contributed by atoms with E-state index in [4.69, 9.17) is 0 Å². The minimum atomic E-state index is -0.492. The van der Waals surface area contributed by atoms with Gasteiger partial charge in [0.2, 0.25) is 5.91 Å². The Morgan fingerprint density at radius 2 is 2.03 bits per heavy atom. The molecule has 2 heterocycles. The smallest absolute Gasteiger partial charge is 0.241 e. The highest BCUT2D eigenvalue weighted by atomic mass is 35.5. The third kappa shape index (κ3) is 4.53. The number of nitrogens with one attached hydrogen (secondary N) is 2. The van der Waals surface area contributed by atoms with Crippen molar-refractivity contribution < 1.29 is 14.3 Å². The van der Waals surface area contributed by atoms with Gasteiger partial charge in [0.15, 0.2) is 0 Å². The van der Waals surface area contributed by atoms with Crippen LogP contribution in [0.5, 0.6) is 0 Å². The van der Waals surface area contributed by atoms with Gasteiger partial charge in [-0.25, -0.2) is 9.37 Å². The first-order valence-electron chi connectivity index (χ1n) is 8.87. The van der Waals surface area contributed by atoms with Crippen LogP contribution in [0, 0.1) is 12.7 Å². The van der Waals surface area contributed by atoms with Crippen LogP contribution in [0.3, 0.4) is 0 Å². The van der Waals surface area contributed by atoms with E-state index in [9.17, 15) is 14.3 Å². The summed E-state index contributed by atoms with van der Waals surface area (Å²) in [6.45, 7) is 2.34. The van der Waals surface area contributed by atoms with Crippen molar-refractivity contribution in [3.05, 3.63) is 47.8 Å². The number of benzene rings is 2. The Labute approximate surface area is 180 Å². The van der Waals surface area contributed by atoms with Gasteiger partial charge < -0.3 is 20.3 Å². The van der Waals surface area contributed by atoms with Crippen molar-refractivity contribution in [1.82, 2.24) is 14.9 Å². The van der Waals surface area contributed by atoms with Crippen molar-refractivity contribution in [1.29, 1.82) is 0 Å². The van der Waals surface area contributed by atoms with Crippen LogP contribution in [-0.4, -0.2) is 39.3 Å². The molecule has 0 radical (unpaired) electrons. The number of imidazole rings is 1. The number of fused-ring (bicyclic) bond motifs is 1. The van der Waals surface area contributed by atoms with Gasteiger partial charge in [-0.1, -0.05) is 12.1 Å². The Balaban J connectivity index is 0.00000150. The lowest BCUT2D eigenvalue weighted by Crippen LogP contribution is -2.35. The Bertz CT molecular complexity index is 1040. The Hall–Kier alpha value is -2.19. The lowest BCUT2D eigenvalue weighted by atomic mass is 10.1. The third-order valence-corrected chi connectivity index (χ3v) is 5.02. The van der Waals surface area contributed by atoms with E-state index in [0.29, 0.717) is 30.0 Å². The molecule has 3 aromatic rings. The van der Waals surface area contributed by atoms with Crippen LogP contribution in [0.1, 0.15) is 12.0 Å². The summed E-state index contributed by atoms with van der Waals surface area (Å²) in [4.78, 5) is 17.0. The monoisotopic (exact) mass is 440 g/mol. The van der Waals surface area contributed by atoms with Crippen LogP contribution in [0.4, 0.5) is 10.1 Å². The third-order valence-electron chi connectivity index (χ3n) is 5.02. The zero-order valence-corrected chi connectivity index (χ0v) is 17.6. The average molecular weight is 441 g/mol. The molecule has 1 aliphatic rings. The molecule has 2 unspecified atom stereocenters. The second-order valence-electron chi connectivity index (χ2n) is 7.00. The molecule has 1 amide bonds. The number of carbonyl (C=O) groups is 1. The van der Waals surface area contributed by atoms with Gasteiger partial charge in [0, 0.05) is 30.9 Å². The number of aryl methyl sites for hydroxylation is 2. The molecule has 2 atom stereocenters. The van der Waals surface area contributed by atoms with Crippen LogP contribution in [0.25, 0.3) is 22.4 Å². The Morgan fingerprint density at radius 1 is 1.28 bits per heavy atom. The molecule has 2 aromatic carbocycles. The summed E-state index contributed by atoms with van der Waals surface area (Å²) >= 11 is 0. The molecule has 0 spiro atoms. The number of β-amino-alcohol motifs (C(OH)–C–C–N with tert-alkyl or cyclic N) is 1. The van der Waals surface area contributed by atoms with Crippen LogP contribution < -0.4 is 10.6 Å². The summed E-state index contributed by atoms with van der Waals surface area (Å²) < 4.78 is 15.4. The first-order chi connectivity index (χ1) is 12.9. The fourth-order valence-corrected chi connectivity index (χ4v) is 3.46. The van der Waals surface area contributed by atoms with Crippen LogP contribution in [0.2, 0.25) is 0 Å². The minimum absolute atomic E-state index is 0. The maximum atomic E-state index is 13.5. The normalized spacial score (nSPS) is 18.2. The molecule has 156 valence electrons. The van der Waals surface area contributed by atoms with E-state index < -0.39 is 12.1 Å². The van der Waals surface area contributed by atoms with Gasteiger partial charge in [-0.15, -0.1) is 24.8 Å². The Kier molecular flexibility index (Phi) is 7.24. The molecule has 4 rings (SSSR count). The number of nitrogens with zero attached hydrogens (tertiary/aromatic N) is 2. The number of aliphatic hydroxyl groups excluding tert-OH is 1. The van der Waals surface area contributed by atoms with Gasteiger partial charge in [0.1, 0.15) is 11.6 Å². The topological polar surface area (TPSA) is 79.2 Å². The van der Waals surface area contributed by atoms with Gasteiger partial charge in [0.05, 0.1) is 23.2 Å². The summed E-state index contributed by atoms with van der Waals surface area (Å²) in [5.74, 6) is 0.203. The number of anilines is 1. The summed E-state index contributed by atoms with van der Waals surface area (Å²) in [5, 5.41) is 15.5. The van der Waals surface area contributed by atoms with Crippen LogP contribution in [-0.2, 0) is 11.8 Å². The van der Waals surface area contributed by atoms with E-state index in [0.717, 1.165) is 16.6 Å². The van der Waals surface area contributed by atoms with E-state index in [-0.39, 0.29) is 36.5 Å². The molecule has 1 aromatic heterocycles. The lowest BCUT2D eigenvalue weighted by Gasteiger charge is -2.14. The van der Waals surface area contributed by atoms with Crippen molar-refractivity contribution in [2.24, 2.45) is 7.05 Å². The highest BCUT2D eigenvalue weighted by molar-refractivity contribution is 5.96. The molecule has 1 aliphatic heterocycles. The van der Waals surface area contributed by atoms with Gasteiger partial charge >= 0.3 is 0 Å². The van der Waals surface area contributed by atoms with Crippen molar-refractivity contribution in [2.75, 3.05) is 11.9 Å². The van der Waals surface area contributed by atoms with Crippen molar-refractivity contribution in [2.45, 2.75) is 25.5 Å². The molecular weight excluding hydrogens is 418 g/mol. The molecule has 6 nitrogen and oxygen atoms in total. The van der Waals surface area contributed by atoms with Gasteiger partial charge in [0.25, 0.3) is 0 Å². The maximum Gasteiger partial charge on any atom is 0.241 e. The van der Waals surface area contributed by atoms with E-state index in [1.807, 2.05) is 36.7 Å². The highest BCUT2D eigenvalue weighted by Gasteiger charge is 2.28. The molecule has 29 heavy (non-hydrogen) atoms. The lowest BCUT2D eigenvalue weighted by molar-refractivity contribution is -0.117. The summed E-state index contributed by atoms with van der Waals surface area (Å²) in [5.41, 5.74) is 3.87.